The van der Waals surface area contributed by atoms with Gasteiger partial charge in [0.05, 0.1) is 16.7 Å². The van der Waals surface area contributed by atoms with Crippen LogP contribution in [-0.2, 0) is 19.4 Å². The van der Waals surface area contributed by atoms with Crippen molar-refractivity contribution >= 4 is 56.0 Å². The highest BCUT2D eigenvalue weighted by Crippen LogP contribution is 2.32. The summed E-state index contributed by atoms with van der Waals surface area (Å²) in [6.07, 6.45) is 3.28. The number of thiocarbonyl (C=S) groups is 1. The number of nitrogens with one attached hydrogen (secondary N) is 1. The van der Waals surface area contributed by atoms with E-state index in [0.29, 0.717) is 9.23 Å². The first-order valence-electron chi connectivity index (χ1n) is 7.85. The van der Waals surface area contributed by atoms with E-state index in [4.69, 9.17) is 12.2 Å². The van der Waals surface area contributed by atoms with E-state index in [1.165, 1.54) is 22.7 Å². The van der Waals surface area contributed by atoms with E-state index >= 15 is 0 Å². The summed E-state index contributed by atoms with van der Waals surface area (Å²) in [7, 11) is -3.22. The zero-order chi connectivity index (χ0) is 18.7. The first-order chi connectivity index (χ1) is 12.3. The van der Waals surface area contributed by atoms with Gasteiger partial charge in [-0.3, -0.25) is 14.5 Å². The lowest BCUT2D eigenvalue weighted by Gasteiger charge is -2.15. The second-order valence-corrected chi connectivity index (χ2v) is 9.43. The molecule has 2 aliphatic rings. The lowest BCUT2D eigenvalue weighted by molar-refractivity contribution is -0.124. The minimum atomic E-state index is -3.22. The number of thioether (sulfide) groups is 1. The molecule has 1 aromatic rings. The van der Waals surface area contributed by atoms with Crippen LogP contribution in [0.25, 0.3) is 6.08 Å². The second kappa shape index (κ2) is 7.73. The zero-order valence-electron chi connectivity index (χ0n) is 13.6. The van der Waals surface area contributed by atoms with Crippen molar-refractivity contribution < 1.29 is 18.0 Å². The molecule has 26 heavy (non-hydrogen) atoms. The minimum Gasteiger partial charge on any atom is -0.349 e. The highest BCUT2D eigenvalue weighted by molar-refractivity contribution is 8.26. The number of hydrogen-bond donors (Lipinski definition) is 1. The summed E-state index contributed by atoms with van der Waals surface area (Å²) in [5.41, 5.74) is 0.903. The maximum absolute atomic E-state index is 12.5. The number of carbonyl (C=O) groups excluding carboxylic acids is 2. The van der Waals surface area contributed by atoms with Crippen molar-refractivity contribution in [2.75, 3.05) is 12.3 Å². The molecule has 2 heterocycles. The first kappa shape index (κ1) is 18.8. The molecule has 1 N–H and O–H groups in total. The van der Waals surface area contributed by atoms with Gasteiger partial charge in [-0.05, 0) is 17.7 Å². The Morgan fingerprint density at radius 1 is 1.35 bits per heavy atom. The third-order valence-corrected chi connectivity index (χ3v) is 6.58. The number of rotatable bonds is 5. The maximum atomic E-state index is 12.5. The number of sulfone groups is 1. The van der Waals surface area contributed by atoms with E-state index in [9.17, 15) is 18.0 Å². The van der Waals surface area contributed by atoms with Crippen LogP contribution in [0.1, 0.15) is 12.0 Å². The van der Waals surface area contributed by atoms with Crippen LogP contribution in [0.2, 0.25) is 0 Å². The molecule has 1 fully saturated rings. The van der Waals surface area contributed by atoms with E-state index in [2.05, 4.69) is 5.32 Å². The van der Waals surface area contributed by atoms with Gasteiger partial charge in [-0.25, -0.2) is 8.42 Å². The molecule has 0 saturated carbocycles. The first-order valence-corrected chi connectivity index (χ1v) is 10.8. The summed E-state index contributed by atoms with van der Waals surface area (Å²) in [6, 6.07) is 8.93. The average molecular weight is 409 g/mol. The molecule has 0 spiro atoms. The smallest absolute Gasteiger partial charge is 0.266 e. The molecule has 9 heteroatoms. The summed E-state index contributed by atoms with van der Waals surface area (Å²) in [4.78, 5) is 26.4. The van der Waals surface area contributed by atoms with E-state index < -0.39 is 15.9 Å². The lowest BCUT2D eigenvalue weighted by Crippen LogP contribution is -2.38. The molecule has 136 valence electrons. The predicted octanol–water partition coefficient (Wildman–Crippen LogP) is 1.70. The molecule has 1 unspecified atom stereocenters. The van der Waals surface area contributed by atoms with Gasteiger partial charge in [-0.1, -0.05) is 54.3 Å². The van der Waals surface area contributed by atoms with Crippen LogP contribution in [0.5, 0.6) is 0 Å². The number of hydrogen-bond acceptors (Lipinski definition) is 6. The minimum absolute atomic E-state index is 0.0510. The molecule has 0 aromatic heterocycles. The Morgan fingerprint density at radius 3 is 2.73 bits per heavy atom. The zero-order valence-corrected chi connectivity index (χ0v) is 16.1. The Labute approximate surface area is 161 Å². The maximum Gasteiger partial charge on any atom is 0.266 e. The summed E-state index contributed by atoms with van der Waals surface area (Å²) in [5, 5.41) is 3.74. The Hall–Kier alpha value is -1.97. The van der Waals surface area contributed by atoms with Gasteiger partial charge in [0.15, 0.2) is 9.84 Å². The van der Waals surface area contributed by atoms with Crippen molar-refractivity contribution in [3.05, 3.63) is 52.3 Å². The van der Waals surface area contributed by atoms with Crippen molar-refractivity contribution in [1.29, 1.82) is 0 Å². The van der Waals surface area contributed by atoms with Crippen LogP contribution in [0.15, 0.2) is 46.7 Å². The quantitative estimate of drug-likeness (QED) is 0.590. The summed E-state index contributed by atoms with van der Waals surface area (Å²) in [6.45, 7) is 0.159. The van der Waals surface area contributed by atoms with Gasteiger partial charge in [0.25, 0.3) is 5.91 Å². The molecule has 2 amide bonds. The van der Waals surface area contributed by atoms with E-state index in [1.807, 2.05) is 30.3 Å². The van der Waals surface area contributed by atoms with Gasteiger partial charge in [-0.15, -0.1) is 0 Å². The molecule has 0 radical (unpaired) electrons. The van der Waals surface area contributed by atoms with Gasteiger partial charge < -0.3 is 5.32 Å². The summed E-state index contributed by atoms with van der Waals surface area (Å²) < 4.78 is 23.1. The van der Waals surface area contributed by atoms with Gasteiger partial charge in [-0.2, -0.15) is 0 Å². The molecule has 3 rings (SSSR count). The fraction of sp³-hybridized carbons (Fsp3) is 0.235. The Kier molecular flexibility index (Phi) is 5.59. The van der Waals surface area contributed by atoms with Crippen LogP contribution in [-0.4, -0.2) is 47.8 Å². The van der Waals surface area contributed by atoms with Gasteiger partial charge in [0.1, 0.15) is 4.32 Å². The topological polar surface area (TPSA) is 83.6 Å². The number of amides is 2. The molecule has 0 aliphatic carbocycles. The van der Waals surface area contributed by atoms with E-state index in [-0.39, 0.29) is 30.5 Å². The number of benzene rings is 1. The molecule has 2 aliphatic heterocycles. The monoisotopic (exact) mass is 408 g/mol. The highest BCUT2D eigenvalue weighted by Gasteiger charge is 2.32. The van der Waals surface area contributed by atoms with Crippen molar-refractivity contribution in [3.8, 4) is 0 Å². The fourth-order valence-corrected chi connectivity index (χ4v) is 5.10. The van der Waals surface area contributed by atoms with Crippen LogP contribution < -0.4 is 5.32 Å². The summed E-state index contributed by atoms with van der Waals surface area (Å²) >= 11 is 6.45. The molecule has 1 atom stereocenters. The molecular formula is C17H16N2O4S3. The fourth-order valence-electron chi connectivity index (χ4n) is 2.55. The molecule has 6 nitrogen and oxygen atoms in total. The number of nitrogens with zero attached hydrogens (tertiary/aromatic N) is 1. The largest absolute Gasteiger partial charge is 0.349 e. The Morgan fingerprint density at radius 2 is 2.08 bits per heavy atom. The van der Waals surface area contributed by atoms with Crippen molar-refractivity contribution in [3.63, 3.8) is 0 Å². The molecule has 0 bridgehead atoms. The Balaban J connectivity index is 1.56. The third-order valence-electron chi connectivity index (χ3n) is 3.81. The predicted molar refractivity (Wildman–Crippen MR) is 106 cm³/mol. The second-order valence-electron chi connectivity index (χ2n) is 5.83. The lowest BCUT2D eigenvalue weighted by atomic mass is 10.2. The number of carbonyl (C=O) groups is 2. The molecular weight excluding hydrogens is 392 g/mol. The van der Waals surface area contributed by atoms with E-state index in [1.54, 1.807) is 6.08 Å². The van der Waals surface area contributed by atoms with Crippen LogP contribution in [0.3, 0.4) is 0 Å². The van der Waals surface area contributed by atoms with Gasteiger partial charge in [0, 0.05) is 18.4 Å². The van der Waals surface area contributed by atoms with Crippen molar-refractivity contribution in [2.24, 2.45) is 0 Å². The normalized spacial score (nSPS) is 23.0. The standard InChI is InChI=1S/C17H16N2O4S3/c20-15(18-13-7-9-26(22,23)11-13)6-8-19-16(21)14(25-17(19)24)10-12-4-2-1-3-5-12/h1-5,7,9-10,13H,6,8,11H2,(H,18,20). The third kappa shape index (κ3) is 4.60. The van der Waals surface area contributed by atoms with Crippen molar-refractivity contribution in [2.45, 2.75) is 12.5 Å². The van der Waals surface area contributed by atoms with E-state index in [0.717, 1.165) is 11.0 Å². The van der Waals surface area contributed by atoms with Crippen LogP contribution in [0.4, 0.5) is 0 Å². The highest BCUT2D eigenvalue weighted by atomic mass is 32.2. The van der Waals surface area contributed by atoms with Crippen molar-refractivity contribution in [1.82, 2.24) is 10.2 Å². The van der Waals surface area contributed by atoms with Crippen LogP contribution in [0, 0.1) is 0 Å². The molecule has 1 saturated heterocycles. The SMILES string of the molecule is O=C(CCN1C(=O)C(=Cc2ccccc2)SC1=S)NC1C=CS(=O)(=O)C1. The average Bonchev–Trinajstić information content (AvgIpc) is 3.06. The molecule has 1 aromatic carbocycles. The summed E-state index contributed by atoms with van der Waals surface area (Å²) in [5.74, 6) is -0.669. The van der Waals surface area contributed by atoms with Crippen LogP contribution >= 0.6 is 24.0 Å². The van der Waals surface area contributed by atoms with Gasteiger partial charge in [0.2, 0.25) is 5.91 Å². The van der Waals surface area contributed by atoms with Gasteiger partial charge >= 0.3 is 0 Å². The Bertz CT molecular complexity index is 907.